The lowest BCUT2D eigenvalue weighted by molar-refractivity contribution is -0.122. The van der Waals surface area contributed by atoms with E-state index < -0.39 is 0 Å². The van der Waals surface area contributed by atoms with E-state index in [1.807, 2.05) is 20.8 Å². The zero-order valence-corrected chi connectivity index (χ0v) is 6.10. The number of hydrogen-bond donors (Lipinski definition) is 1. The van der Waals surface area contributed by atoms with Gasteiger partial charge in [-0.3, -0.25) is 9.63 Å². The monoisotopic (exact) mass is 131 g/mol. The Morgan fingerprint density at radius 3 is 2.44 bits per heavy atom. The maximum Gasteiger partial charge on any atom is 0.230 e. The molecule has 0 aromatic carbocycles. The molecule has 3 nitrogen and oxygen atoms in total. The van der Waals surface area contributed by atoms with Crippen molar-refractivity contribution in [2.24, 2.45) is 5.41 Å². The molecule has 0 fully saturated rings. The third kappa shape index (κ3) is 7.43. The van der Waals surface area contributed by atoms with Gasteiger partial charge >= 0.3 is 0 Å². The second-order valence-corrected chi connectivity index (χ2v) is 3.09. The van der Waals surface area contributed by atoms with Crippen LogP contribution in [0.1, 0.15) is 20.8 Å². The van der Waals surface area contributed by atoms with Gasteiger partial charge in [-0.25, -0.2) is 5.48 Å². The van der Waals surface area contributed by atoms with Crippen molar-refractivity contribution in [2.75, 3.05) is 6.61 Å². The van der Waals surface area contributed by atoms with Gasteiger partial charge in [0.25, 0.3) is 0 Å². The average Bonchev–Trinajstić information content (AvgIpc) is 1.63. The van der Waals surface area contributed by atoms with Crippen LogP contribution in [0, 0.1) is 5.41 Å². The molecular formula is C6H13NO2. The molecule has 1 N–H and O–H groups in total. The predicted molar refractivity (Wildman–Crippen MR) is 34.6 cm³/mol. The van der Waals surface area contributed by atoms with Crippen LogP contribution >= 0.6 is 0 Å². The van der Waals surface area contributed by atoms with Crippen LogP contribution in [-0.2, 0) is 9.63 Å². The van der Waals surface area contributed by atoms with E-state index in [0.29, 0.717) is 13.0 Å². The first kappa shape index (κ1) is 8.43. The molecule has 0 bridgehead atoms. The second kappa shape index (κ2) is 3.45. The number of nitrogens with one attached hydrogen (secondary N) is 1. The SMILES string of the molecule is CC(C)(C)CONC=O. The van der Waals surface area contributed by atoms with Crippen molar-refractivity contribution in [1.82, 2.24) is 5.48 Å². The van der Waals surface area contributed by atoms with E-state index in [1.165, 1.54) is 0 Å². The van der Waals surface area contributed by atoms with E-state index in [2.05, 4.69) is 5.48 Å². The average molecular weight is 131 g/mol. The van der Waals surface area contributed by atoms with Crippen LogP contribution in [0.2, 0.25) is 0 Å². The van der Waals surface area contributed by atoms with Gasteiger partial charge in [0.1, 0.15) is 0 Å². The van der Waals surface area contributed by atoms with Crippen molar-refractivity contribution in [3.63, 3.8) is 0 Å². The number of hydroxylamine groups is 1. The number of carbonyl (C=O) groups is 1. The summed E-state index contributed by atoms with van der Waals surface area (Å²) in [4.78, 5) is 14.4. The van der Waals surface area contributed by atoms with Crippen molar-refractivity contribution in [1.29, 1.82) is 0 Å². The van der Waals surface area contributed by atoms with Crippen LogP contribution < -0.4 is 5.48 Å². The van der Waals surface area contributed by atoms with E-state index in [9.17, 15) is 4.79 Å². The summed E-state index contributed by atoms with van der Waals surface area (Å²) in [7, 11) is 0. The Balaban J connectivity index is 3.17. The quantitative estimate of drug-likeness (QED) is 0.348. The third-order valence-electron chi connectivity index (χ3n) is 0.637. The molecule has 3 heteroatoms. The molecule has 0 aliphatic carbocycles. The fraction of sp³-hybridized carbons (Fsp3) is 0.833. The lowest BCUT2D eigenvalue weighted by Gasteiger charge is -2.16. The summed E-state index contributed by atoms with van der Waals surface area (Å²) < 4.78 is 0. The first-order chi connectivity index (χ1) is 4.06. The lowest BCUT2D eigenvalue weighted by atomic mass is 9.99. The zero-order chi connectivity index (χ0) is 7.33. The van der Waals surface area contributed by atoms with Gasteiger partial charge in [-0.15, -0.1) is 0 Å². The number of hydrogen-bond acceptors (Lipinski definition) is 2. The van der Waals surface area contributed by atoms with Crippen molar-refractivity contribution in [3.8, 4) is 0 Å². The molecular weight excluding hydrogens is 118 g/mol. The first-order valence-corrected chi connectivity index (χ1v) is 2.87. The van der Waals surface area contributed by atoms with Crippen LogP contribution in [0.5, 0.6) is 0 Å². The van der Waals surface area contributed by atoms with Gasteiger partial charge in [0.05, 0.1) is 6.61 Å². The van der Waals surface area contributed by atoms with Gasteiger partial charge in [-0.05, 0) is 5.41 Å². The molecule has 0 unspecified atom stereocenters. The highest BCUT2D eigenvalue weighted by atomic mass is 16.6. The molecule has 0 heterocycles. The molecule has 0 aromatic rings. The minimum absolute atomic E-state index is 0.107. The minimum Gasteiger partial charge on any atom is -0.277 e. The molecule has 0 saturated carbocycles. The van der Waals surface area contributed by atoms with Crippen molar-refractivity contribution >= 4 is 6.41 Å². The van der Waals surface area contributed by atoms with Crippen LogP contribution in [0.25, 0.3) is 0 Å². The van der Waals surface area contributed by atoms with Crippen LogP contribution in [-0.4, -0.2) is 13.0 Å². The van der Waals surface area contributed by atoms with E-state index in [4.69, 9.17) is 4.84 Å². The van der Waals surface area contributed by atoms with Crippen molar-refractivity contribution in [2.45, 2.75) is 20.8 Å². The zero-order valence-electron chi connectivity index (χ0n) is 6.10. The summed E-state index contributed by atoms with van der Waals surface area (Å²) in [6, 6.07) is 0. The summed E-state index contributed by atoms with van der Waals surface area (Å²) >= 11 is 0. The molecule has 0 atom stereocenters. The van der Waals surface area contributed by atoms with E-state index in [1.54, 1.807) is 0 Å². The third-order valence-corrected chi connectivity index (χ3v) is 0.637. The number of carbonyl (C=O) groups excluding carboxylic acids is 1. The first-order valence-electron chi connectivity index (χ1n) is 2.87. The number of amides is 1. The molecule has 0 radical (unpaired) electrons. The molecule has 0 spiro atoms. The summed E-state index contributed by atoms with van der Waals surface area (Å²) in [5, 5.41) is 0. The molecule has 0 aromatic heterocycles. The molecule has 0 aliphatic rings. The summed E-state index contributed by atoms with van der Waals surface area (Å²) in [6.45, 7) is 6.62. The standard InChI is InChI=1S/C6H13NO2/c1-6(2,3)4-9-7-5-8/h5H,4H2,1-3H3,(H,7,8). The van der Waals surface area contributed by atoms with Crippen molar-refractivity contribution in [3.05, 3.63) is 0 Å². The topological polar surface area (TPSA) is 38.3 Å². The highest BCUT2D eigenvalue weighted by molar-refractivity contribution is 5.43. The Hall–Kier alpha value is -0.570. The fourth-order valence-corrected chi connectivity index (χ4v) is 0.292. The Kier molecular flexibility index (Phi) is 3.24. The van der Waals surface area contributed by atoms with Gasteiger partial charge < -0.3 is 0 Å². The lowest BCUT2D eigenvalue weighted by Crippen LogP contribution is -2.21. The maximum atomic E-state index is 9.65. The smallest absolute Gasteiger partial charge is 0.230 e. The van der Waals surface area contributed by atoms with Gasteiger partial charge in [0.15, 0.2) is 0 Å². The largest absolute Gasteiger partial charge is 0.277 e. The number of rotatable bonds is 3. The summed E-state index contributed by atoms with van der Waals surface area (Å²) in [5.74, 6) is 0. The minimum atomic E-state index is 0.107. The predicted octanol–water partition coefficient (Wildman–Crippen LogP) is 0.710. The normalized spacial score (nSPS) is 11.0. The van der Waals surface area contributed by atoms with Crippen molar-refractivity contribution < 1.29 is 9.63 Å². The van der Waals surface area contributed by atoms with Crippen LogP contribution in [0.15, 0.2) is 0 Å². The molecule has 0 rings (SSSR count). The molecule has 1 amide bonds. The fourth-order valence-electron chi connectivity index (χ4n) is 0.292. The Morgan fingerprint density at radius 1 is 1.56 bits per heavy atom. The van der Waals surface area contributed by atoms with Gasteiger partial charge in [-0.1, -0.05) is 20.8 Å². The Morgan fingerprint density at radius 2 is 2.11 bits per heavy atom. The Bertz CT molecular complexity index is 85.5. The molecule has 0 aliphatic heterocycles. The summed E-state index contributed by atoms with van der Waals surface area (Å²) in [6.07, 6.45) is 0.520. The van der Waals surface area contributed by atoms with E-state index >= 15 is 0 Å². The van der Waals surface area contributed by atoms with Gasteiger partial charge in [0, 0.05) is 0 Å². The highest BCUT2D eigenvalue weighted by Crippen LogP contribution is 2.11. The molecule has 0 saturated heterocycles. The maximum absolute atomic E-state index is 9.65. The van der Waals surface area contributed by atoms with E-state index in [0.717, 1.165) is 0 Å². The Labute approximate surface area is 55.3 Å². The molecule has 9 heavy (non-hydrogen) atoms. The van der Waals surface area contributed by atoms with Gasteiger partial charge in [0.2, 0.25) is 6.41 Å². The molecule has 54 valence electrons. The highest BCUT2D eigenvalue weighted by Gasteiger charge is 2.09. The van der Waals surface area contributed by atoms with Crippen LogP contribution in [0.4, 0.5) is 0 Å². The summed E-state index contributed by atoms with van der Waals surface area (Å²) in [5.41, 5.74) is 2.23. The van der Waals surface area contributed by atoms with Crippen LogP contribution in [0.3, 0.4) is 0 Å². The van der Waals surface area contributed by atoms with Gasteiger partial charge in [-0.2, -0.15) is 0 Å². The van der Waals surface area contributed by atoms with E-state index in [-0.39, 0.29) is 5.41 Å². The second-order valence-electron chi connectivity index (χ2n) is 3.09.